The Morgan fingerprint density at radius 3 is 2.69 bits per heavy atom. The number of rotatable bonds is 4. The molecule has 0 unspecified atom stereocenters. The fourth-order valence-electron chi connectivity index (χ4n) is 4.78. The molecule has 2 aliphatic rings. The summed E-state index contributed by atoms with van der Waals surface area (Å²) >= 11 is 0. The molecule has 2 heterocycles. The van der Waals surface area contributed by atoms with Crippen molar-refractivity contribution in [1.82, 2.24) is 9.78 Å². The third kappa shape index (κ3) is 4.03. The normalized spacial score (nSPS) is 18.4. The number of fused-ring (bicyclic) bond motifs is 1. The molecule has 1 aliphatic carbocycles. The van der Waals surface area contributed by atoms with Gasteiger partial charge in [0, 0.05) is 23.4 Å². The van der Waals surface area contributed by atoms with Crippen LogP contribution in [0.25, 0.3) is 0 Å². The number of hydrogen-bond acceptors (Lipinski definition) is 6. The zero-order chi connectivity index (χ0) is 24.9. The molecule has 1 amide bonds. The Morgan fingerprint density at radius 2 is 1.97 bits per heavy atom. The number of allylic oxidation sites excluding steroid dienone is 2. The smallest absolute Gasteiger partial charge is 0.261 e. The molecule has 3 N–H and O–H groups in total. The molecule has 8 nitrogen and oxygen atoms in total. The Labute approximate surface area is 201 Å². The standard InChI is InChI=1S/C26H25FN4O4/c1-26(2)11-18-22(20(33)12-26)23(14-4-9-19(32)21(10-14)35-3)31-24(30-18)17(13-28-31)25(34)29-16-7-5-15(27)6-8-16/h4-10,13,23,30,32H,11-12H2,1-3H3,(H,29,34)/t23-/m0/s1. The van der Waals surface area contributed by atoms with Gasteiger partial charge in [0.05, 0.1) is 13.3 Å². The first kappa shape index (κ1) is 22.6. The highest BCUT2D eigenvalue weighted by atomic mass is 19.1. The Kier molecular flexibility index (Phi) is 5.35. The van der Waals surface area contributed by atoms with Crippen LogP contribution in [0.1, 0.15) is 48.7 Å². The van der Waals surface area contributed by atoms with Crippen molar-refractivity contribution in [2.45, 2.75) is 32.7 Å². The number of nitrogens with zero attached hydrogens (tertiary/aromatic N) is 2. The number of aromatic nitrogens is 2. The second kappa shape index (κ2) is 8.26. The van der Waals surface area contributed by atoms with Crippen LogP contribution in [0.3, 0.4) is 0 Å². The Morgan fingerprint density at radius 1 is 1.23 bits per heavy atom. The first-order chi connectivity index (χ1) is 16.7. The van der Waals surface area contributed by atoms with Gasteiger partial charge >= 0.3 is 0 Å². The maximum absolute atomic E-state index is 13.3. The highest BCUT2D eigenvalue weighted by Crippen LogP contribution is 2.47. The number of Topliss-reactive ketones (excluding diaryl/α,β-unsaturated/α-hetero) is 1. The molecular weight excluding hydrogens is 451 g/mol. The predicted octanol–water partition coefficient (Wildman–Crippen LogP) is 4.65. The molecule has 0 saturated carbocycles. The third-order valence-electron chi connectivity index (χ3n) is 6.37. The zero-order valence-corrected chi connectivity index (χ0v) is 19.6. The van der Waals surface area contributed by atoms with Crippen LogP contribution in [0, 0.1) is 11.2 Å². The van der Waals surface area contributed by atoms with Crippen molar-refractivity contribution in [1.29, 1.82) is 0 Å². The Hall–Kier alpha value is -4.14. The molecule has 1 aliphatic heterocycles. The van der Waals surface area contributed by atoms with Crippen LogP contribution in [0.5, 0.6) is 11.5 Å². The second-order valence-electron chi connectivity index (χ2n) is 9.60. The Bertz CT molecular complexity index is 1370. The van der Waals surface area contributed by atoms with Gasteiger partial charge in [-0.1, -0.05) is 19.9 Å². The molecule has 0 fully saturated rings. The molecule has 1 atom stereocenters. The number of nitrogens with one attached hydrogen (secondary N) is 2. The predicted molar refractivity (Wildman–Crippen MR) is 128 cm³/mol. The molecule has 0 saturated heterocycles. The van der Waals surface area contributed by atoms with Gasteiger partial charge in [-0.2, -0.15) is 5.10 Å². The molecule has 0 spiro atoms. The van der Waals surface area contributed by atoms with Crippen molar-refractivity contribution in [2.75, 3.05) is 17.7 Å². The van der Waals surface area contributed by atoms with Gasteiger partial charge in [-0.15, -0.1) is 0 Å². The van der Waals surface area contributed by atoms with E-state index in [0.29, 0.717) is 35.5 Å². The maximum atomic E-state index is 13.3. The van der Waals surface area contributed by atoms with Crippen molar-refractivity contribution < 1.29 is 23.8 Å². The molecular formula is C26H25FN4O4. The van der Waals surface area contributed by atoms with Crippen LogP contribution in [0.2, 0.25) is 0 Å². The number of hydrogen-bond donors (Lipinski definition) is 3. The van der Waals surface area contributed by atoms with Crippen LogP contribution in [0.4, 0.5) is 15.9 Å². The van der Waals surface area contributed by atoms with Crippen molar-refractivity contribution >= 4 is 23.2 Å². The molecule has 180 valence electrons. The first-order valence-electron chi connectivity index (χ1n) is 11.2. The number of phenols is 1. The van der Waals surface area contributed by atoms with E-state index < -0.39 is 17.8 Å². The van der Waals surface area contributed by atoms with Crippen molar-refractivity contribution in [2.24, 2.45) is 5.41 Å². The highest BCUT2D eigenvalue weighted by molar-refractivity contribution is 6.08. The lowest BCUT2D eigenvalue weighted by atomic mass is 9.73. The number of carbonyl (C=O) groups excluding carboxylic acids is 2. The van der Waals surface area contributed by atoms with E-state index in [1.807, 2.05) is 13.8 Å². The number of methoxy groups -OCH3 is 1. The molecule has 5 rings (SSSR count). The Balaban J connectivity index is 1.61. The van der Waals surface area contributed by atoms with E-state index in [1.54, 1.807) is 16.8 Å². The fourth-order valence-corrected chi connectivity index (χ4v) is 4.78. The SMILES string of the molecule is COc1cc([C@H]2C3=C(CC(C)(C)CC3=O)Nc3c(C(=O)Nc4ccc(F)cc4)cnn32)ccc1O. The van der Waals surface area contributed by atoms with Crippen molar-refractivity contribution in [3.05, 3.63) is 76.9 Å². The summed E-state index contributed by atoms with van der Waals surface area (Å²) < 4.78 is 20.2. The number of ketones is 1. The number of aromatic hydroxyl groups is 1. The van der Waals surface area contributed by atoms with Crippen LogP contribution < -0.4 is 15.4 Å². The van der Waals surface area contributed by atoms with Crippen molar-refractivity contribution in [3.8, 4) is 11.5 Å². The van der Waals surface area contributed by atoms with E-state index in [4.69, 9.17) is 4.74 Å². The third-order valence-corrected chi connectivity index (χ3v) is 6.37. The number of phenolic OH excluding ortho intramolecular Hbond substituents is 1. The monoisotopic (exact) mass is 476 g/mol. The van der Waals surface area contributed by atoms with Gasteiger partial charge in [-0.3, -0.25) is 9.59 Å². The van der Waals surface area contributed by atoms with Crippen LogP contribution >= 0.6 is 0 Å². The zero-order valence-electron chi connectivity index (χ0n) is 19.6. The molecule has 0 radical (unpaired) electrons. The molecule has 3 aromatic rings. The first-order valence-corrected chi connectivity index (χ1v) is 11.2. The molecule has 35 heavy (non-hydrogen) atoms. The van der Waals surface area contributed by atoms with E-state index in [-0.39, 0.29) is 28.3 Å². The molecule has 0 bridgehead atoms. The fraction of sp³-hybridized carbons (Fsp3) is 0.269. The number of carbonyl (C=O) groups is 2. The van der Waals surface area contributed by atoms with Crippen LogP contribution in [0.15, 0.2) is 59.9 Å². The van der Waals surface area contributed by atoms with Gasteiger partial charge in [0.2, 0.25) is 0 Å². The lowest BCUT2D eigenvalue weighted by molar-refractivity contribution is -0.118. The molecule has 2 aromatic carbocycles. The lowest BCUT2D eigenvalue weighted by Crippen LogP contribution is -2.37. The van der Waals surface area contributed by atoms with Crippen molar-refractivity contribution in [3.63, 3.8) is 0 Å². The summed E-state index contributed by atoms with van der Waals surface area (Å²) in [6, 6.07) is 9.79. The summed E-state index contributed by atoms with van der Waals surface area (Å²) in [5, 5.41) is 20.6. The lowest BCUT2D eigenvalue weighted by Gasteiger charge is -2.39. The summed E-state index contributed by atoms with van der Waals surface area (Å²) in [6.45, 7) is 4.06. The van der Waals surface area contributed by atoms with Gasteiger partial charge in [-0.25, -0.2) is 9.07 Å². The quantitative estimate of drug-likeness (QED) is 0.506. The number of halogens is 1. The average molecular weight is 477 g/mol. The average Bonchev–Trinajstić information content (AvgIpc) is 3.22. The van der Waals surface area contributed by atoms with E-state index >= 15 is 0 Å². The summed E-state index contributed by atoms with van der Waals surface area (Å²) in [4.78, 5) is 26.5. The van der Waals surface area contributed by atoms with Gasteiger partial charge in [0.25, 0.3) is 5.91 Å². The summed E-state index contributed by atoms with van der Waals surface area (Å²) in [6.07, 6.45) is 2.44. The maximum Gasteiger partial charge on any atom is 0.261 e. The van der Waals surface area contributed by atoms with Gasteiger partial charge in [-0.05, 0) is 53.8 Å². The minimum absolute atomic E-state index is 0.000689. The summed E-state index contributed by atoms with van der Waals surface area (Å²) in [7, 11) is 1.46. The second-order valence-corrected chi connectivity index (χ2v) is 9.60. The van der Waals surface area contributed by atoms with E-state index in [2.05, 4.69) is 15.7 Å². The number of benzene rings is 2. The minimum atomic E-state index is -0.605. The number of amides is 1. The van der Waals surface area contributed by atoms with Crippen LogP contribution in [-0.4, -0.2) is 33.7 Å². The molecule has 9 heteroatoms. The number of anilines is 2. The highest BCUT2D eigenvalue weighted by Gasteiger charge is 2.42. The van der Waals surface area contributed by atoms with E-state index in [0.717, 1.165) is 5.70 Å². The minimum Gasteiger partial charge on any atom is -0.504 e. The summed E-state index contributed by atoms with van der Waals surface area (Å²) in [5.41, 5.74) is 2.49. The van der Waals surface area contributed by atoms with Crippen LogP contribution in [-0.2, 0) is 4.79 Å². The largest absolute Gasteiger partial charge is 0.504 e. The summed E-state index contributed by atoms with van der Waals surface area (Å²) in [5.74, 6) is -0.114. The molecule has 1 aromatic heterocycles. The van der Waals surface area contributed by atoms with E-state index in [1.165, 1.54) is 43.6 Å². The van der Waals surface area contributed by atoms with E-state index in [9.17, 15) is 19.1 Å². The van der Waals surface area contributed by atoms with Gasteiger partial charge in [0.1, 0.15) is 23.2 Å². The van der Waals surface area contributed by atoms with Gasteiger partial charge < -0.3 is 20.5 Å². The van der Waals surface area contributed by atoms with Gasteiger partial charge in [0.15, 0.2) is 17.3 Å². The topological polar surface area (TPSA) is 105 Å². The number of ether oxygens (including phenoxy) is 1.